The smallest absolute Gasteiger partial charge is 0.323 e. The quantitative estimate of drug-likeness (QED) is 0.504. The van der Waals surface area contributed by atoms with E-state index in [-0.39, 0.29) is 22.1 Å². The Bertz CT molecular complexity index is 740. The summed E-state index contributed by atoms with van der Waals surface area (Å²) in [6, 6.07) is 10.5. The third-order valence-electron chi connectivity index (χ3n) is 2.66. The van der Waals surface area contributed by atoms with E-state index in [9.17, 15) is 9.90 Å². The van der Waals surface area contributed by atoms with Gasteiger partial charge in [0, 0.05) is 6.07 Å². The minimum Gasteiger partial charge on any atom is -0.506 e. The molecule has 0 atom stereocenters. The summed E-state index contributed by atoms with van der Waals surface area (Å²) in [5, 5.41) is 23.8. The fourth-order valence-electron chi connectivity index (χ4n) is 1.64. The van der Waals surface area contributed by atoms with Crippen LogP contribution in [0.5, 0.6) is 5.75 Å². The van der Waals surface area contributed by atoms with Gasteiger partial charge in [-0.25, -0.2) is 4.79 Å². The molecule has 0 spiro atoms. The van der Waals surface area contributed by atoms with E-state index in [1.807, 2.05) is 6.07 Å². The lowest BCUT2D eigenvalue weighted by molar-refractivity contribution is 0.262. The van der Waals surface area contributed by atoms with Gasteiger partial charge in [0.2, 0.25) is 0 Å². The number of urea groups is 1. The molecule has 21 heavy (non-hydrogen) atoms. The summed E-state index contributed by atoms with van der Waals surface area (Å²) in [5.74, 6) is -0.208. The number of carbonyl (C=O) groups excluding carboxylic acids is 1. The monoisotopic (exact) mass is 302 g/mol. The minimum atomic E-state index is -0.617. The molecule has 2 aromatic rings. The molecule has 0 saturated heterocycles. The number of para-hydroxylation sites is 1. The van der Waals surface area contributed by atoms with Crippen molar-refractivity contribution in [3.05, 3.63) is 47.0 Å². The molecule has 0 heterocycles. The molecule has 106 valence electrons. The van der Waals surface area contributed by atoms with Crippen LogP contribution in [0.1, 0.15) is 5.56 Å². The van der Waals surface area contributed by atoms with E-state index in [2.05, 4.69) is 10.6 Å². The molecular formula is C14H11ClN4O2. The van der Waals surface area contributed by atoms with E-state index in [4.69, 9.17) is 22.6 Å². The van der Waals surface area contributed by atoms with Crippen LogP contribution in [-0.2, 0) is 0 Å². The molecule has 0 fully saturated rings. The number of hydrogen-bond donors (Lipinski definition) is 4. The topological polar surface area (TPSA) is 111 Å². The van der Waals surface area contributed by atoms with Crippen LogP contribution in [0.25, 0.3) is 0 Å². The molecule has 0 aliphatic carbocycles. The van der Waals surface area contributed by atoms with Gasteiger partial charge in [-0.3, -0.25) is 0 Å². The van der Waals surface area contributed by atoms with Gasteiger partial charge >= 0.3 is 6.03 Å². The second-order valence-electron chi connectivity index (χ2n) is 4.13. The Morgan fingerprint density at radius 3 is 2.62 bits per heavy atom. The molecule has 0 aromatic heterocycles. The van der Waals surface area contributed by atoms with Crippen molar-refractivity contribution < 1.29 is 9.90 Å². The second kappa shape index (κ2) is 6.03. The summed E-state index contributed by atoms with van der Waals surface area (Å²) in [6.45, 7) is 0. The van der Waals surface area contributed by atoms with Gasteiger partial charge in [-0.1, -0.05) is 23.7 Å². The molecule has 7 heteroatoms. The van der Waals surface area contributed by atoms with E-state index in [1.165, 1.54) is 12.1 Å². The summed E-state index contributed by atoms with van der Waals surface area (Å²) in [7, 11) is 0. The number of rotatable bonds is 2. The van der Waals surface area contributed by atoms with Crippen molar-refractivity contribution in [2.75, 3.05) is 16.4 Å². The molecule has 0 aliphatic rings. The fraction of sp³-hybridized carbons (Fsp3) is 0. The molecule has 0 saturated carbocycles. The number of hydrogen-bond acceptors (Lipinski definition) is 4. The maximum absolute atomic E-state index is 11.9. The van der Waals surface area contributed by atoms with Gasteiger partial charge in [-0.2, -0.15) is 5.26 Å². The van der Waals surface area contributed by atoms with Crippen LogP contribution in [0.15, 0.2) is 36.4 Å². The Labute approximate surface area is 125 Å². The van der Waals surface area contributed by atoms with Gasteiger partial charge in [0.1, 0.15) is 11.8 Å². The number of phenolic OH excluding ortho intramolecular Hbond substituents is 1. The molecule has 2 amide bonds. The van der Waals surface area contributed by atoms with E-state index in [0.29, 0.717) is 11.3 Å². The number of halogens is 1. The Balaban J connectivity index is 2.16. The van der Waals surface area contributed by atoms with E-state index in [0.717, 1.165) is 0 Å². The molecule has 0 unspecified atom stereocenters. The van der Waals surface area contributed by atoms with E-state index >= 15 is 0 Å². The van der Waals surface area contributed by atoms with Crippen molar-refractivity contribution in [3.8, 4) is 11.8 Å². The fourth-order valence-corrected chi connectivity index (χ4v) is 1.81. The van der Waals surface area contributed by atoms with Crippen LogP contribution < -0.4 is 16.4 Å². The number of nitrogens with two attached hydrogens (primary N) is 1. The Morgan fingerprint density at radius 2 is 1.90 bits per heavy atom. The first-order valence-electron chi connectivity index (χ1n) is 5.86. The maximum Gasteiger partial charge on any atom is 0.323 e. The number of benzene rings is 2. The summed E-state index contributed by atoms with van der Waals surface area (Å²) in [5.41, 5.74) is 6.53. The summed E-state index contributed by atoms with van der Waals surface area (Å²) < 4.78 is 0. The van der Waals surface area contributed by atoms with E-state index in [1.54, 1.807) is 24.3 Å². The van der Waals surface area contributed by atoms with Crippen LogP contribution in [-0.4, -0.2) is 11.1 Å². The zero-order valence-electron chi connectivity index (χ0n) is 10.7. The Hall–Kier alpha value is -2.91. The first kappa shape index (κ1) is 14.5. The molecule has 0 aliphatic heterocycles. The van der Waals surface area contributed by atoms with Crippen molar-refractivity contribution in [1.82, 2.24) is 0 Å². The predicted molar refractivity (Wildman–Crippen MR) is 81.3 cm³/mol. The zero-order valence-corrected chi connectivity index (χ0v) is 11.5. The summed E-state index contributed by atoms with van der Waals surface area (Å²) >= 11 is 5.83. The normalized spacial score (nSPS) is 9.71. The van der Waals surface area contributed by atoms with Crippen molar-refractivity contribution in [2.24, 2.45) is 0 Å². The van der Waals surface area contributed by atoms with Gasteiger partial charge in [0.05, 0.1) is 27.6 Å². The molecule has 2 aromatic carbocycles. The minimum absolute atomic E-state index is 0.112. The SMILES string of the molecule is N#Cc1ccccc1NC(=O)Nc1cc(Cl)c(N)cc1O. The standard InChI is InChI=1S/C14H11ClN4O2/c15-9-5-12(13(20)6-10(9)17)19-14(21)18-11-4-2-1-3-8(11)7-16/h1-6,20H,17H2,(H2,18,19,21). The first-order chi connectivity index (χ1) is 10.0. The molecule has 0 radical (unpaired) electrons. The van der Waals surface area contributed by atoms with Crippen LogP contribution in [0.2, 0.25) is 5.02 Å². The lowest BCUT2D eigenvalue weighted by atomic mass is 10.2. The number of carbonyl (C=O) groups is 1. The van der Waals surface area contributed by atoms with Crippen LogP contribution in [0, 0.1) is 11.3 Å². The molecule has 2 rings (SSSR count). The first-order valence-corrected chi connectivity index (χ1v) is 6.24. The zero-order chi connectivity index (χ0) is 15.4. The van der Waals surface area contributed by atoms with Gasteiger partial charge in [-0.05, 0) is 18.2 Å². The Kier molecular flexibility index (Phi) is 4.16. The highest BCUT2D eigenvalue weighted by Crippen LogP contribution is 2.32. The number of anilines is 3. The average Bonchev–Trinajstić information content (AvgIpc) is 2.45. The number of nitrogens with zero attached hydrogens (tertiary/aromatic N) is 1. The molecular weight excluding hydrogens is 292 g/mol. The number of amides is 2. The highest BCUT2D eigenvalue weighted by molar-refractivity contribution is 6.33. The van der Waals surface area contributed by atoms with Gasteiger partial charge in [-0.15, -0.1) is 0 Å². The Morgan fingerprint density at radius 1 is 1.24 bits per heavy atom. The van der Waals surface area contributed by atoms with Crippen LogP contribution in [0.4, 0.5) is 21.9 Å². The van der Waals surface area contributed by atoms with Crippen LogP contribution >= 0.6 is 11.6 Å². The molecule has 6 nitrogen and oxygen atoms in total. The van der Waals surface area contributed by atoms with Gasteiger partial charge < -0.3 is 21.5 Å². The largest absolute Gasteiger partial charge is 0.506 e. The van der Waals surface area contributed by atoms with Crippen molar-refractivity contribution in [2.45, 2.75) is 0 Å². The summed E-state index contributed by atoms with van der Waals surface area (Å²) in [4.78, 5) is 11.9. The lowest BCUT2D eigenvalue weighted by Crippen LogP contribution is -2.20. The summed E-state index contributed by atoms with van der Waals surface area (Å²) in [6.07, 6.45) is 0. The third-order valence-corrected chi connectivity index (χ3v) is 2.99. The lowest BCUT2D eigenvalue weighted by Gasteiger charge is -2.11. The van der Waals surface area contributed by atoms with Crippen LogP contribution in [0.3, 0.4) is 0 Å². The van der Waals surface area contributed by atoms with E-state index < -0.39 is 6.03 Å². The van der Waals surface area contributed by atoms with Gasteiger partial charge in [0.15, 0.2) is 0 Å². The number of nitrogen functional groups attached to an aromatic ring is 1. The third kappa shape index (κ3) is 3.35. The number of nitrogens with one attached hydrogen (secondary N) is 2. The molecule has 0 bridgehead atoms. The second-order valence-corrected chi connectivity index (χ2v) is 4.53. The average molecular weight is 303 g/mol. The predicted octanol–water partition coefficient (Wildman–Crippen LogP) is 3.14. The maximum atomic E-state index is 11.9. The highest BCUT2D eigenvalue weighted by atomic mass is 35.5. The highest BCUT2D eigenvalue weighted by Gasteiger charge is 2.11. The number of phenols is 1. The van der Waals surface area contributed by atoms with Crippen molar-refractivity contribution in [3.63, 3.8) is 0 Å². The molecule has 5 N–H and O–H groups in total. The van der Waals surface area contributed by atoms with Crippen molar-refractivity contribution >= 4 is 34.7 Å². The van der Waals surface area contributed by atoms with Gasteiger partial charge in [0.25, 0.3) is 0 Å². The number of aromatic hydroxyl groups is 1. The van der Waals surface area contributed by atoms with Crippen molar-refractivity contribution in [1.29, 1.82) is 5.26 Å². The number of nitriles is 1.